The van der Waals surface area contributed by atoms with E-state index in [2.05, 4.69) is 37.9 Å². The van der Waals surface area contributed by atoms with E-state index in [9.17, 15) is 24.0 Å². The first-order chi connectivity index (χ1) is 35.1. The summed E-state index contributed by atoms with van der Waals surface area (Å²) in [6.07, 6.45) is 40.0. The van der Waals surface area contributed by atoms with E-state index in [1.807, 2.05) is 14.0 Å². The third kappa shape index (κ3) is 48.1. The van der Waals surface area contributed by atoms with Gasteiger partial charge in [-0.15, -0.1) is 0 Å². The summed E-state index contributed by atoms with van der Waals surface area (Å²) in [6, 6.07) is 0. The van der Waals surface area contributed by atoms with Gasteiger partial charge in [0.2, 0.25) is 0 Å². The number of nitrogens with one attached hydrogen (secondary N) is 1. The Hall–Kier alpha value is -2.89. The Morgan fingerprint density at radius 1 is 0.375 bits per heavy atom. The van der Waals surface area contributed by atoms with Crippen molar-refractivity contribution in [2.75, 3.05) is 46.5 Å². The molecule has 12 nitrogen and oxygen atoms in total. The quantitative estimate of drug-likeness (QED) is 0.0353. The molecule has 12 heteroatoms. The molecule has 0 aliphatic rings. The summed E-state index contributed by atoms with van der Waals surface area (Å²) in [7, 11) is 1.97. The SMILES string of the molecule is CCCCCCCCC(CCCCCCCC)OC(=O)CCCCCCC(=O)OCC(COC(=O)CCCCCCC(=O)OC(CCCCCCCC)CCCCCCCC)COC(=O)NCCN(C)CC. The fourth-order valence-electron chi connectivity index (χ4n) is 8.87. The number of hydrogen-bond donors (Lipinski definition) is 1. The number of alkyl carbamates (subject to hydrolysis) is 1. The maximum absolute atomic E-state index is 12.8. The van der Waals surface area contributed by atoms with E-state index in [-0.39, 0.29) is 68.7 Å². The minimum Gasteiger partial charge on any atom is -0.465 e. The van der Waals surface area contributed by atoms with E-state index < -0.39 is 12.0 Å². The largest absolute Gasteiger partial charge is 0.465 e. The average molecular weight is 1020 g/mol. The monoisotopic (exact) mass is 1020 g/mol. The van der Waals surface area contributed by atoms with Crippen molar-refractivity contribution < 1.29 is 47.7 Å². The molecule has 0 saturated carbocycles. The zero-order chi connectivity index (χ0) is 53.0. The standard InChI is InChI=1S/C60H114N2O10/c1-7-12-16-20-24-32-40-54(41-33-25-21-17-13-8-2)71-58(65)46-38-30-28-36-44-56(63)68-50-53(52-70-60(67)61-48-49-62(6)11-5)51-69-57(64)45-37-29-31-39-47-59(66)72-55(42-34-26-22-18-14-9-3)43-35-27-23-19-15-10-4/h53-55H,7-52H2,1-6H3,(H,61,67). The maximum atomic E-state index is 12.8. The van der Waals surface area contributed by atoms with Crippen LogP contribution < -0.4 is 5.32 Å². The Bertz CT molecular complexity index is 1160. The summed E-state index contributed by atoms with van der Waals surface area (Å²) in [5, 5.41) is 2.74. The minimum atomic E-state index is -0.577. The van der Waals surface area contributed by atoms with E-state index >= 15 is 0 Å². The van der Waals surface area contributed by atoms with Crippen molar-refractivity contribution in [2.45, 2.75) is 304 Å². The van der Waals surface area contributed by atoms with Crippen LogP contribution in [-0.2, 0) is 42.9 Å². The molecule has 0 aliphatic heterocycles. The van der Waals surface area contributed by atoms with Crippen molar-refractivity contribution in [1.29, 1.82) is 0 Å². The van der Waals surface area contributed by atoms with Gasteiger partial charge in [-0.25, -0.2) is 4.79 Å². The molecule has 0 atom stereocenters. The second-order valence-corrected chi connectivity index (χ2v) is 20.9. The topological polar surface area (TPSA) is 147 Å². The van der Waals surface area contributed by atoms with Crippen LogP contribution in [0, 0.1) is 5.92 Å². The lowest BCUT2D eigenvalue weighted by atomic mass is 10.0. The van der Waals surface area contributed by atoms with Crippen LogP contribution in [0.5, 0.6) is 0 Å². The van der Waals surface area contributed by atoms with Gasteiger partial charge in [-0.2, -0.15) is 0 Å². The van der Waals surface area contributed by atoms with Gasteiger partial charge in [-0.1, -0.05) is 189 Å². The fraction of sp³-hybridized carbons (Fsp3) is 0.917. The van der Waals surface area contributed by atoms with Crippen molar-refractivity contribution in [3.8, 4) is 0 Å². The summed E-state index contributed by atoms with van der Waals surface area (Å²) >= 11 is 0. The van der Waals surface area contributed by atoms with Crippen LogP contribution in [-0.4, -0.2) is 93.6 Å². The highest BCUT2D eigenvalue weighted by atomic mass is 16.6. The van der Waals surface area contributed by atoms with Crippen molar-refractivity contribution in [3.63, 3.8) is 0 Å². The van der Waals surface area contributed by atoms with E-state index in [1.54, 1.807) is 0 Å². The third-order valence-corrected chi connectivity index (χ3v) is 13.9. The number of carbonyl (C=O) groups excluding carboxylic acids is 5. The van der Waals surface area contributed by atoms with Gasteiger partial charge < -0.3 is 33.9 Å². The molecule has 0 saturated heterocycles. The second kappa shape index (κ2) is 53.0. The Kier molecular flexibility index (Phi) is 50.8. The Balaban J connectivity index is 4.78. The predicted octanol–water partition coefficient (Wildman–Crippen LogP) is 15.9. The van der Waals surface area contributed by atoms with Crippen molar-refractivity contribution >= 4 is 30.0 Å². The lowest BCUT2D eigenvalue weighted by molar-refractivity contribution is -0.151. The summed E-state index contributed by atoms with van der Waals surface area (Å²) < 4.78 is 28.6. The van der Waals surface area contributed by atoms with Crippen LogP contribution in [0.4, 0.5) is 4.79 Å². The number of likely N-dealkylation sites (N-methyl/N-ethyl adjacent to an activating group) is 1. The van der Waals surface area contributed by atoms with Crippen molar-refractivity contribution in [2.24, 2.45) is 5.92 Å². The van der Waals surface area contributed by atoms with E-state index in [0.717, 1.165) is 96.4 Å². The van der Waals surface area contributed by atoms with Gasteiger partial charge in [0.1, 0.15) is 32.0 Å². The smallest absolute Gasteiger partial charge is 0.407 e. The predicted molar refractivity (Wildman–Crippen MR) is 295 cm³/mol. The molecule has 72 heavy (non-hydrogen) atoms. The van der Waals surface area contributed by atoms with Crippen LogP contribution in [0.1, 0.15) is 291 Å². The zero-order valence-electron chi connectivity index (χ0n) is 47.8. The summed E-state index contributed by atoms with van der Waals surface area (Å²) in [4.78, 5) is 65.7. The molecule has 0 rings (SSSR count). The highest BCUT2D eigenvalue weighted by molar-refractivity contribution is 5.70. The van der Waals surface area contributed by atoms with Crippen molar-refractivity contribution in [1.82, 2.24) is 10.2 Å². The molecule has 1 N–H and O–H groups in total. The van der Waals surface area contributed by atoms with Gasteiger partial charge in [0.15, 0.2) is 0 Å². The van der Waals surface area contributed by atoms with Crippen LogP contribution in [0.2, 0.25) is 0 Å². The molecule has 0 spiro atoms. The Morgan fingerprint density at radius 2 is 0.667 bits per heavy atom. The van der Waals surface area contributed by atoms with Crippen LogP contribution in [0.25, 0.3) is 0 Å². The molecular weight excluding hydrogens is 909 g/mol. The molecular formula is C60H114N2O10. The van der Waals surface area contributed by atoms with E-state index in [0.29, 0.717) is 38.8 Å². The van der Waals surface area contributed by atoms with E-state index in [1.165, 1.54) is 128 Å². The average Bonchev–Trinajstić information content (AvgIpc) is 3.37. The van der Waals surface area contributed by atoms with Gasteiger partial charge in [0.05, 0.1) is 5.92 Å². The highest BCUT2D eigenvalue weighted by Gasteiger charge is 2.19. The van der Waals surface area contributed by atoms with Crippen LogP contribution in [0.15, 0.2) is 0 Å². The molecule has 0 aromatic rings. The molecule has 0 bridgehead atoms. The number of nitrogens with zero attached hydrogens (tertiary/aromatic N) is 1. The first-order valence-corrected chi connectivity index (χ1v) is 30.4. The lowest BCUT2D eigenvalue weighted by Crippen LogP contribution is -2.35. The van der Waals surface area contributed by atoms with Gasteiger partial charge in [0.25, 0.3) is 0 Å². The fourth-order valence-corrected chi connectivity index (χ4v) is 8.87. The molecule has 424 valence electrons. The Labute approximate surface area is 442 Å². The van der Waals surface area contributed by atoms with Gasteiger partial charge in [-0.3, -0.25) is 19.2 Å². The normalized spacial score (nSPS) is 11.5. The Morgan fingerprint density at radius 3 is 1.00 bits per heavy atom. The van der Waals surface area contributed by atoms with Crippen LogP contribution >= 0.6 is 0 Å². The van der Waals surface area contributed by atoms with Gasteiger partial charge in [-0.05, 0) is 90.6 Å². The highest BCUT2D eigenvalue weighted by Crippen LogP contribution is 2.20. The van der Waals surface area contributed by atoms with Crippen molar-refractivity contribution in [3.05, 3.63) is 0 Å². The molecule has 0 unspecified atom stereocenters. The summed E-state index contributed by atoms with van der Waals surface area (Å²) in [6.45, 7) is 12.8. The number of hydrogen-bond acceptors (Lipinski definition) is 11. The maximum Gasteiger partial charge on any atom is 0.407 e. The molecule has 0 aromatic heterocycles. The zero-order valence-corrected chi connectivity index (χ0v) is 47.8. The number of unbranched alkanes of at least 4 members (excludes halogenated alkanes) is 26. The first kappa shape index (κ1) is 69.1. The van der Waals surface area contributed by atoms with E-state index in [4.69, 9.17) is 23.7 Å². The third-order valence-electron chi connectivity index (χ3n) is 13.9. The number of amides is 1. The van der Waals surface area contributed by atoms with Crippen LogP contribution in [0.3, 0.4) is 0 Å². The molecule has 1 amide bonds. The molecule has 0 radical (unpaired) electrons. The van der Waals surface area contributed by atoms with Gasteiger partial charge in [0, 0.05) is 38.8 Å². The number of esters is 4. The summed E-state index contributed by atoms with van der Waals surface area (Å²) in [5.74, 6) is -1.46. The second-order valence-electron chi connectivity index (χ2n) is 20.9. The number of rotatable bonds is 54. The molecule has 0 aromatic carbocycles. The number of ether oxygens (including phenoxy) is 5. The van der Waals surface area contributed by atoms with Gasteiger partial charge >= 0.3 is 30.0 Å². The molecule has 0 heterocycles. The number of carbonyl (C=O) groups is 5. The lowest BCUT2D eigenvalue weighted by Gasteiger charge is -2.18. The molecule has 0 fully saturated rings. The summed E-state index contributed by atoms with van der Waals surface area (Å²) in [5.41, 5.74) is 0. The first-order valence-electron chi connectivity index (χ1n) is 30.4. The minimum absolute atomic E-state index is 0.0155. The molecule has 0 aliphatic carbocycles.